The fourth-order valence-electron chi connectivity index (χ4n) is 3.00. The molecule has 0 aliphatic carbocycles. The summed E-state index contributed by atoms with van der Waals surface area (Å²) in [6, 6.07) is 3.92. The number of furan rings is 1. The summed E-state index contributed by atoms with van der Waals surface area (Å²) in [5, 5.41) is 8.04. The van der Waals surface area contributed by atoms with E-state index in [9.17, 15) is 0 Å². The van der Waals surface area contributed by atoms with Crippen molar-refractivity contribution in [3.05, 3.63) is 40.2 Å². The minimum atomic E-state index is 0. The smallest absolute Gasteiger partial charge is 0.191 e. The maximum absolute atomic E-state index is 5.41. The van der Waals surface area contributed by atoms with Crippen LogP contribution in [0.3, 0.4) is 0 Å². The lowest BCUT2D eigenvalue weighted by molar-refractivity contribution is 0.0389. The van der Waals surface area contributed by atoms with Crippen LogP contribution in [0.1, 0.15) is 28.5 Å². The van der Waals surface area contributed by atoms with Crippen molar-refractivity contribution in [2.24, 2.45) is 4.99 Å². The molecule has 1 fully saturated rings. The summed E-state index contributed by atoms with van der Waals surface area (Å²) in [7, 11) is 0. The van der Waals surface area contributed by atoms with E-state index in [0.29, 0.717) is 12.5 Å². The van der Waals surface area contributed by atoms with Crippen molar-refractivity contribution in [3.63, 3.8) is 0 Å². The predicted octanol–water partition coefficient (Wildman–Crippen LogP) is 2.88. The van der Waals surface area contributed by atoms with Crippen molar-refractivity contribution in [3.8, 4) is 0 Å². The zero-order valence-electron chi connectivity index (χ0n) is 17.2. The van der Waals surface area contributed by atoms with Crippen molar-refractivity contribution in [2.75, 3.05) is 52.5 Å². The molecule has 0 saturated carbocycles. The van der Waals surface area contributed by atoms with E-state index in [4.69, 9.17) is 14.1 Å². The van der Waals surface area contributed by atoms with Crippen LogP contribution in [0.5, 0.6) is 0 Å². The fourth-order valence-corrected chi connectivity index (χ4v) is 3.81. The highest BCUT2D eigenvalue weighted by Gasteiger charge is 2.11. The zero-order chi connectivity index (χ0) is 19.6. The summed E-state index contributed by atoms with van der Waals surface area (Å²) in [5.74, 6) is 2.13. The van der Waals surface area contributed by atoms with E-state index in [-0.39, 0.29) is 24.0 Å². The molecule has 3 heterocycles. The number of aryl methyl sites for hydroxylation is 1. The number of hydrogen-bond acceptors (Lipinski definition) is 6. The average molecular weight is 533 g/mol. The number of rotatable bonds is 9. The molecule has 2 N–H and O–H groups in total. The molecule has 29 heavy (non-hydrogen) atoms. The molecule has 0 aromatic carbocycles. The topological polar surface area (TPSA) is 74.9 Å². The third-order valence-electron chi connectivity index (χ3n) is 4.65. The molecule has 9 heteroatoms. The van der Waals surface area contributed by atoms with E-state index in [0.717, 1.165) is 69.1 Å². The predicted molar refractivity (Wildman–Crippen MR) is 129 cm³/mol. The van der Waals surface area contributed by atoms with Gasteiger partial charge in [0.2, 0.25) is 0 Å². The Labute approximate surface area is 194 Å². The van der Waals surface area contributed by atoms with Crippen LogP contribution in [0.4, 0.5) is 0 Å². The molecule has 1 saturated heterocycles. The Morgan fingerprint density at radius 3 is 2.79 bits per heavy atom. The first-order chi connectivity index (χ1) is 13.7. The highest BCUT2D eigenvalue weighted by atomic mass is 127. The zero-order valence-corrected chi connectivity index (χ0v) is 20.4. The average Bonchev–Trinajstić information content (AvgIpc) is 3.38. The second-order valence-electron chi connectivity index (χ2n) is 7.04. The highest BCUT2D eigenvalue weighted by Crippen LogP contribution is 2.21. The Hall–Kier alpha value is -1.17. The van der Waals surface area contributed by atoms with Gasteiger partial charge in [0.1, 0.15) is 5.76 Å². The van der Waals surface area contributed by atoms with Crippen LogP contribution in [-0.2, 0) is 11.2 Å². The summed E-state index contributed by atoms with van der Waals surface area (Å²) in [5.41, 5.74) is 0. The van der Waals surface area contributed by atoms with Crippen molar-refractivity contribution in [2.45, 2.75) is 26.2 Å². The molecule has 1 aliphatic rings. The van der Waals surface area contributed by atoms with E-state index in [1.54, 1.807) is 17.6 Å². The summed E-state index contributed by atoms with van der Waals surface area (Å²) in [6.45, 7) is 11.3. The molecule has 2 aromatic rings. The van der Waals surface area contributed by atoms with Gasteiger partial charge in [-0.3, -0.25) is 9.89 Å². The van der Waals surface area contributed by atoms with Crippen molar-refractivity contribution in [1.82, 2.24) is 20.5 Å². The van der Waals surface area contributed by atoms with E-state index < -0.39 is 0 Å². The third-order valence-corrected chi connectivity index (χ3v) is 5.80. The van der Waals surface area contributed by atoms with E-state index in [1.807, 2.05) is 18.3 Å². The van der Waals surface area contributed by atoms with Gasteiger partial charge < -0.3 is 19.8 Å². The minimum absolute atomic E-state index is 0. The van der Waals surface area contributed by atoms with Gasteiger partial charge in [-0.1, -0.05) is 6.92 Å². The van der Waals surface area contributed by atoms with E-state index >= 15 is 0 Å². The second-order valence-corrected chi connectivity index (χ2v) is 8.30. The van der Waals surface area contributed by atoms with Crippen molar-refractivity contribution >= 4 is 41.3 Å². The molecule has 1 unspecified atom stereocenters. The minimum Gasteiger partial charge on any atom is -0.469 e. The second kappa shape index (κ2) is 13.2. The van der Waals surface area contributed by atoms with Gasteiger partial charge in [0, 0.05) is 56.1 Å². The monoisotopic (exact) mass is 533 g/mol. The summed E-state index contributed by atoms with van der Waals surface area (Å²) in [4.78, 5) is 12.9. The van der Waals surface area contributed by atoms with E-state index in [1.165, 1.54) is 4.88 Å². The van der Waals surface area contributed by atoms with Gasteiger partial charge in [-0.15, -0.1) is 35.3 Å². The quantitative estimate of drug-likeness (QED) is 0.294. The fraction of sp³-hybridized carbons (Fsp3) is 0.600. The van der Waals surface area contributed by atoms with Gasteiger partial charge in [0.05, 0.1) is 31.0 Å². The molecular formula is C20H32IN5O2S. The molecule has 0 radical (unpaired) electrons. The van der Waals surface area contributed by atoms with Crippen LogP contribution in [0.15, 0.2) is 34.0 Å². The molecular weight excluding hydrogens is 501 g/mol. The Balaban J connectivity index is 0.00000300. The van der Waals surface area contributed by atoms with Crippen LogP contribution in [0, 0.1) is 6.92 Å². The normalized spacial score (nSPS) is 16.3. The number of guanidine groups is 1. The largest absolute Gasteiger partial charge is 0.469 e. The van der Waals surface area contributed by atoms with Crippen LogP contribution < -0.4 is 10.6 Å². The van der Waals surface area contributed by atoms with Gasteiger partial charge in [0.15, 0.2) is 5.96 Å². The molecule has 1 aliphatic heterocycles. The molecule has 0 spiro atoms. The molecule has 0 amide bonds. The molecule has 162 valence electrons. The summed E-state index contributed by atoms with van der Waals surface area (Å²) >= 11 is 1.75. The number of nitrogens with one attached hydrogen (secondary N) is 2. The number of morpholine rings is 1. The van der Waals surface area contributed by atoms with Crippen molar-refractivity contribution in [1.29, 1.82) is 0 Å². The Morgan fingerprint density at radius 1 is 1.31 bits per heavy atom. The molecule has 0 bridgehead atoms. The first-order valence-corrected chi connectivity index (χ1v) is 10.8. The highest BCUT2D eigenvalue weighted by molar-refractivity contribution is 14.0. The van der Waals surface area contributed by atoms with Crippen LogP contribution >= 0.6 is 35.3 Å². The molecule has 3 rings (SSSR count). The van der Waals surface area contributed by atoms with E-state index in [2.05, 4.69) is 34.4 Å². The third kappa shape index (κ3) is 8.61. The number of hydrogen-bond donors (Lipinski definition) is 2. The lowest BCUT2D eigenvalue weighted by Crippen LogP contribution is -2.45. The lowest BCUT2D eigenvalue weighted by Gasteiger charge is -2.26. The number of thiazole rings is 1. The van der Waals surface area contributed by atoms with Gasteiger partial charge >= 0.3 is 0 Å². The van der Waals surface area contributed by atoms with Gasteiger partial charge in [-0.2, -0.15) is 0 Å². The summed E-state index contributed by atoms with van der Waals surface area (Å²) < 4.78 is 10.8. The number of nitrogens with zero attached hydrogens (tertiary/aromatic N) is 3. The van der Waals surface area contributed by atoms with Gasteiger partial charge in [0.25, 0.3) is 0 Å². The first kappa shape index (κ1) is 24.1. The number of aliphatic imine (C=N–C) groups is 1. The number of halogens is 1. The Bertz CT molecular complexity index is 716. The summed E-state index contributed by atoms with van der Waals surface area (Å²) in [6.07, 6.45) is 4.48. The van der Waals surface area contributed by atoms with Gasteiger partial charge in [-0.25, -0.2) is 4.98 Å². The standard InChI is InChI=1S/C20H31N5O2S.HI/c1-16(19-23-15-17(2)28-19)14-24-20(21-6-5-18-4-3-11-27-18)22-7-8-25-9-12-26-13-10-25;/h3-4,11,15-16H,5-10,12-14H2,1-2H3,(H2,21,22,24);1H. The SMILES string of the molecule is Cc1cnc(C(C)CN=C(NCCc2ccco2)NCCN2CCOCC2)s1.I. The maximum Gasteiger partial charge on any atom is 0.191 e. The molecule has 7 nitrogen and oxygen atoms in total. The van der Waals surface area contributed by atoms with Crippen LogP contribution in [0.25, 0.3) is 0 Å². The number of ether oxygens (including phenoxy) is 1. The van der Waals surface area contributed by atoms with Crippen LogP contribution in [-0.4, -0.2) is 68.3 Å². The van der Waals surface area contributed by atoms with Gasteiger partial charge in [-0.05, 0) is 19.1 Å². The van der Waals surface area contributed by atoms with Crippen molar-refractivity contribution < 1.29 is 9.15 Å². The Morgan fingerprint density at radius 2 is 2.10 bits per heavy atom. The molecule has 2 aromatic heterocycles. The van der Waals surface area contributed by atoms with Crippen LogP contribution in [0.2, 0.25) is 0 Å². The Kier molecular flexibility index (Phi) is 11.0. The lowest BCUT2D eigenvalue weighted by atomic mass is 10.2. The number of aromatic nitrogens is 1. The maximum atomic E-state index is 5.41. The first-order valence-electron chi connectivity index (χ1n) is 9.97. The molecule has 1 atom stereocenters.